The molecule has 0 radical (unpaired) electrons. The predicted molar refractivity (Wildman–Crippen MR) is 92.6 cm³/mol. The van der Waals surface area contributed by atoms with E-state index in [0.29, 0.717) is 15.8 Å². The summed E-state index contributed by atoms with van der Waals surface area (Å²) in [7, 11) is 0. The number of nitrogens with one attached hydrogen (secondary N) is 1. The van der Waals surface area contributed by atoms with Gasteiger partial charge >= 0.3 is 5.95 Å². The van der Waals surface area contributed by atoms with Gasteiger partial charge in [-0.25, -0.2) is 4.98 Å². The van der Waals surface area contributed by atoms with Crippen molar-refractivity contribution in [2.24, 2.45) is 0 Å². The molecule has 25 heavy (non-hydrogen) atoms. The molecule has 11 heteroatoms. The van der Waals surface area contributed by atoms with Crippen molar-refractivity contribution in [2.75, 3.05) is 5.32 Å². The third-order valence-electron chi connectivity index (χ3n) is 3.19. The van der Waals surface area contributed by atoms with Crippen molar-refractivity contribution in [2.45, 2.75) is 13.5 Å². The van der Waals surface area contributed by atoms with Crippen LogP contribution in [0.1, 0.15) is 5.82 Å². The van der Waals surface area contributed by atoms with Crippen molar-refractivity contribution in [3.05, 3.63) is 50.6 Å². The minimum Gasteiger partial charge on any atom is -0.390 e. The summed E-state index contributed by atoms with van der Waals surface area (Å²) in [5.41, 5.74) is 1.59. The van der Waals surface area contributed by atoms with Gasteiger partial charge in [-0.15, -0.1) is 11.3 Å². The molecule has 0 saturated heterocycles. The molecule has 0 aliphatic heterocycles. The largest absolute Gasteiger partial charge is 0.491 e. The Morgan fingerprint density at radius 1 is 1.36 bits per heavy atom. The summed E-state index contributed by atoms with van der Waals surface area (Å²) >= 11 is 7.13. The number of carbonyl (C=O) groups excluding carboxylic acids is 1. The van der Waals surface area contributed by atoms with Gasteiger partial charge in [-0.05, 0) is 22.0 Å². The van der Waals surface area contributed by atoms with E-state index in [9.17, 15) is 14.9 Å². The summed E-state index contributed by atoms with van der Waals surface area (Å²) in [5, 5.41) is 19.8. The Hall–Kier alpha value is -2.85. The molecule has 1 aromatic carbocycles. The maximum absolute atomic E-state index is 12.1. The summed E-state index contributed by atoms with van der Waals surface area (Å²) in [4.78, 5) is 30.0. The number of nitrogens with zero attached hydrogens (tertiary/aromatic N) is 5. The fourth-order valence-corrected chi connectivity index (χ4v) is 2.87. The number of thiazole rings is 1. The smallest absolute Gasteiger partial charge is 0.390 e. The Balaban J connectivity index is 1.67. The summed E-state index contributed by atoms with van der Waals surface area (Å²) in [6.07, 6.45) is 0. The van der Waals surface area contributed by atoms with Gasteiger partial charge in [-0.2, -0.15) is 4.68 Å². The van der Waals surface area contributed by atoms with Crippen molar-refractivity contribution < 1.29 is 9.72 Å². The lowest BCUT2D eigenvalue weighted by Crippen LogP contribution is -2.20. The molecule has 0 saturated carbocycles. The summed E-state index contributed by atoms with van der Waals surface area (Å²) in [5.74, 6) is -0.660. The van der Waals surface area contributed by atoms with E-state index < -0.39 is 16.8 Å². The van der Waals surface area contributed by atoms with E-state index in [-0.39, 0.29) is 12.4 Å². The number of nitro groups is 1. The maximum Gasteiger partial charge on any atom is 0.491 e. The zero-order chi connectivity index (χ0) is 18.0. The summed E-state index contributed by atoms with van der Waals surface area (Å²) in [6.45, 7) is 1.35. The van der Waals surface area contributed by atoms with Crippen LogP contribution in [-0.4, -0.2) is 30.6 Å². The molecule has 2 heterocycles. The van der Waals surface area contributed by atoms with Gasteiger partial charge in [0.05, 0.1) is 5.69 Å². The van der Waals surface area contributed by atoms with Crippen molar-refractivity contribution in [1.29, 1.82) is 0 Å². The van der Waals surface area contributed by atoms with Gasteiger partial charge in [-0.3, -0.25) is 4.79 Å². The highest BCUT2D eigenvalue weighted by Gasteiger charge is 2.20. The summed E-state index contributed by atoms with van der Waals surface area (Å²) < 4.78 is 1.17. The number of hydrogen-bond acceptors (Lipinski definition) is 7. The normalized spacial score (nSPS) is 10.6. The fraction of sp³-hybridized carbons (Fsp3) is 0.143. The molecule has 0 bridgehead atoms. The second-order valence-corrected chi connectivity index (χ2v) is 6.26. The summed E-state index contributed by atoms with van der Waals surface area (Å²) in [6, 6.07) is 7.19. The van der Waals surface area contributed by atoms with Crippen molar-refractivity contribution >= 4 is 39.9 Å². The number of rotatable bonds is 5. The molecular weight excluding hydrogens is 368 g/mol. The Bertz CT molecular complexity index is 936. The van der Waals surface area contributed by atoms with Gasteiger partial charge in [0.1, 0.15) is 6.54 Å². The molecule has 9 nitrogen and oxygen atoms in total. The first-order valence-electron chi connectivity index (χ1n) is 6.99. The zero-order valence-corrected chi connectivity index (χ0v) is 14.4. The van der Waals surface area contributed by atoms with E-state index in [0.717, 1.165) is 5.56 Å². The first kappa shape index (κ1) is 17.0. The first-order chi connectivity index (χ1) is 11.9. The highest BCUT2D eigenvalue weighted by atomic mass is 35.5. The average molecular weight is 379 g/mol. The van der Waals surface area contributed by atoms with Crippen molar-refractivity contribution in [3.63, 3.8) is 0 Å². The average Bonchev–Trinajstić information content (AvgIpc) is 3.16. The fourth-order valence-electron chi connectivity index (χ4n) is 2.01. The minimum absolute atomic E-state index is 0.192. The molecule has 0 atom stereocenters. The third kappa shape index (κ3) is 3.98. The molecule has 0 unspecified atom stereocenters. The second-order valence-electron chi connectivity index (χ2n) is 4.97. The number of amides is 1. The SMILES string of the molecule is Cc1nc([N+](=O)[O-])nn1CC(=O)Nc1nc(-c2ccc(Cl)cc2)cs1. The number of carbonyl (C=O) groups is 1. The second kappa shape index (κ2) is 6.95. The van der Waals surface area contributed by atoms with Crippen molar-refractivity contribution in [1.82, 2.24) is 19.7 Å². The molecule has 3 aromatic rings. The van der Waals surface area contributed by atoms with E-state index in [1.54, 1.807) is 12.1 Å². The molecule has 1 amide bonds. The van der Waals surface area contributed by atoms with Gasteiger partial charge < -0.3 is 15.4 Å². The van der Waals surface area contributed by atoms with Crippen LogP contribution >= 0.6 is 22.9 Å². The van der Waals surface area contributed by atoms with Crippen LogP contribution in [0.4, 0.5) is 11.1 Å². The molecule has 0 spiro atoms. The maximum atomic E-state index is 12.1. The molecule has 2 aromatic heterocycles. The Morgan fingerprint density at radius 3 is 2.72 bits per heavy atom. The van der Waals surface area contributed by atoms with Gasteiger partial charge in [0.15, 0.2) is 5.13 Å². The van der Waals surface area contributed by atoms with Gasteiger partial charge in [0.2, 0.25) is 11.7 Å². The van der Waals surface area contributed by atoms with Crippen LogP contribution in [0.15, 0.2) is 29.6 Å². The van der Waals surface area contributed by atoms with Crippen molar-refractivity contribution in [3.8, 4) is 11.3 Å². The van der Waals surface area contributed by atoms with Crippen LogP contribution in [0.25, 0.3) is 11.3 Å². The Kier molecular flexibility index (Phi) is 4.72. The lowest BCUT2D eigenvalue weighted by molar-refractivity contribution is -0.394. The molecule has 3 rings (SSSR count). The minimum atomic E-state index is -0.708. The lowest BCUT2D eigenvalue weighted by atomic mass is 10.2. The van der Waals surface area contributed by atoms with Gasteiger partial charge in [-0.1, -0.05) is 23.7 Å². The highest BCUT2D eigenvalue weighted by Crippen LogP contribution is 2.26. The Labute approximate surface area is 150 Å². The van der Waals surface area contributed by atoms with Crippen LogP contribution in [0.5, 0.6) is 0 Å². The molecule has 0 fully saturated rings. The van der Waals surface area contributed by atoms with Crippen LogP contribution in [0, 0.1) is 17.0 Å². The molecule has 128 valence electrons. The zero-order valence-electron chi connectivity index (χ0n) is 12.8. The standard InChI is InChI=1S/C14H11ClN6O3S/c1-8-16-13(21(23)24)19-20(8)6-12(22)18-14-17-11(7-25-14)9-2-4-10(15)5-3-9/h2-5,7H,6H2,1H3,(H,17,18,22). The topological polar surface area (TPSA) is 116 Å². The Morgan fingerprint density at radius 2 is 2.08 bits per heavy atom. The van der Waals surface area contributed by atoms with Crippen LogP contribution in [0.2, 0.25) is 5.02 Å². The third-order valence-corrected chi connectivity index (χ3v) is 4.20. The van der Waals surface area contributed by atoms with Gasteiger partial charge in [0.25, 0.3) is 0 Å². The lowest BCUT2D eigenvalue weighted by Gasteiger charge is -2.00. The number of anilines is 1. The first-order valence-corrected chi connectivity index (χ1v) is 8.25. The van der Waals surface area contributed by atoms with Crippen LogP contribution in [0.3, 0.4) is 0 Å². The van der Waals surface area contributed by atoms with Gasteiger partial charge in [0, 0.05) is 28.0 Å². The number of hydrogen-bond donors (Lipinski definition) is 1. The van der Waals surface area contributed by atoms with Crippen LogP contribution in [-0.2, 0) is 11.3 Å². The number of aryl methyl sites for hydroxylation is 1. The van der Waals surface area contributed by atoms with E-state index in [2.05, 4.69) is 20.4 Å². The number of aromatic nitrogens is 4. The number of benzene rings is 1. The highest BCUT2D eigenvalue weighted by molar-refractivity contribution is 7.14. The molecule has 0 aliphatic carbocycles. The quantitative estimate of drug-likeness (QED) is 0.539. The predicted octanol–water partition coefficient (Wildman–Crippen LogP) is 2.91. The molecular formula is C14H11ClN6O3S. The number of halogens is 1. The molecule has 1 N–H and O–H groups in total. The molecule has 0 aliphatic rings. The van der Waals surface area contributed by atoms with E-state index in [4.69, 9.17) is 11.6 Å². The van der Waals surface area contributed by atoms with E-state index in [1.807, 2.05) is 17.5 Å². The van der Waals surface area contributed by atoms with Crippen LogP contribution < -0.4 is 5.32 Å². The monoisotopic (exact) mass is 378 g/mol. The van der Waals surface area contributed by atoms with E-state index >= 15 is 0 Å². The van der Waals surface area contributed by atoms with E-state index in [1.165, 1.54) is 22.9 Å².